The molecule has 0 aromatic heterocycles. The topological polar surface area (TPSA) is 88.2 Å². The summed E-state index contributed by atoms with van der Waals surface area (Å²) in [6.45, 7) is 7.58. The van der Waals surface area contributed by atoms with E-state index in [-0.39, 0.29) is 31.3 Å². The zero-order valence-corrected chi connectivity index (χ0v) is 23.4. The van der Waals surface area contributed by atoms with Crippen LogP contribution in [0.4, 0.5) is 11.4 Å². The van der Waals surface area contributed by atoms with Crippen LogP contribution in [0.1, 0.15) is 45.2 Å². The van der Waals surface area contributed by atoms with Gasteiger partial charge in [0.15, 0.2) is 12.4 Å². The van der Waals surface area contributed by atoms with Crippen LogP contribution < -0.4 is 15.0 Å². The third-order valence-electron chi connectivity index (χ3n) is 6.94. The van der Waals surface area contributed by atoms with Gasteiger partial charge < -0.3 is 24.6 Å². The molecular formula is C32H37N3O5. The lowest BCUT2D eigenvalue weighted by molar-refractivity contribution is -0.145. The quantitative estimate of drug-likeness (QED) is 0.292. The van der Waals surface area contributed by atoms with Crippen molar-refractivity contribution in [2.45, 2.75) is 26.7 Å². The lowest BCUT2D eigenvalue weighted by Gasteiger charge is -2.23. The number of esters is 1. The van der Waals surface area contributed by atoms with Crippen molar-refractivity contribution in [3.63, 3.8) is 0 Å². The van der Waals surface area contributed by atoms with E-state index in [9.17, 15) is 14.4 Å². The number of likely N-dealkylation sites (N-methyl/N-ethyl adjacent to an activating group) is 1. The third-order valence-corrected chi connectivity index (χ3v) is 6.94. The molecule has 0 radical (unpaired) electrons. The lowest BCUT2D eigenvalue weighted by Crippen LogP contribution is -2.28. The number of anilines is 2. The first-order valence-corrected chi connectivity index (χ1v) is 13.7. The van der Waals surface area contributed by atoms with Gasteiger partial charge in [0.1, 0.15) is 5.75 Å². The summed E-state index contributed by atoms with van der Waals surface area (Å²) >= 11 is 0. The second-order valence-corrected chi connectivity index (χ2v) is 9.99. The summed E-state index contributed by atoms with van der Waals surface area (Å²) in [7, 11) is 2.13. The average molecular weight is 544 g/mol. The second-order valence-electron chi connectivity index (χ2n) is 9.99. The minimum atomic E-state index is -0.517. The minimum Gasteiger partial charge on any atom is -0.480 e. The highest BCUT2D eigenvalue weighted by Crippen LogP contribution is 2.31. The number of ether oxygens (including phenoxy) is 2. The summed E-state index contributed by atoms with van der Waals surface area (Å²) < 4.78 is 10.7. The number of Topliss-reactive ketones (excluding diaryl/α,β-unsaturated/α-hetero) is 1. The molecule has 0 bridgehead atoms. The van der Waals surface area contributed by atoms with Gasteiger partial charge in [0.2, 0.25) is 0 Å². The van der Waals surface area contributed by atoms with E-state index in [2.05, 4.69) is 22.2 Å². The van der Waals surface area contributed by atoms with Crippen LogP contribution in [0.5, 0.6) is 5.75 Å². The Morgan fingerprint density at radius 1 is 0.875 bits per heavy atom. The van der Waals surface area contributed by atoms with Gasteiger partial charge in [-0.15, -0.1) is 0 Å². The maximum Gasteiger partial charge on any atom is 0.344 e. The first kappa shape index (κ1) is 28.8. The van der Waals surface area contributed by atoms with Crippen molar-refractivity contribution in [1.29, 1.82) is 0 Å². The number of amides is 1. The number of carbonyl (C=O) groups is 3. The molecule has 1 fully saturated rings. The van der Waals surface area contributed by atoms with Gasteiger partial charge in [0, 0.05) is 42.9 Å². The van der Waals surface area contributed by atoms with Crippen LogP contribution in [0, 0.1) is 6.92 Å². The zero-order valence-electron chi connectivity index (χ0n) is 23.4. The Kier molecular flexibility index (Phi) is 9.91. The highest BCUT2D eigenvalue weighted by Gasteiger charge is 2.19. The van der Waals surface area contributed by atoms with Crippen molar-refractivity contribution in [1.82, 2.24) is 4.90 Å². The molecule has 8 heteroatoms. The van der Waals surface area contributed by atoms with Crippen LogP contribution in [0.15, 0.2) is 66.7 Å². The molecule has 0 spiro atoms. The monoisotopic (exact) mass is 543 g/mol. The van der Waals surface area contributed by atoms with E-state index >= 15 is 0 Å². The number of nitrogens with zero attached hydrogens (tertiary/aromatic N) is 2. The summed E-state index contributed by atoms with van der Waals surface area (Å²) in [5.74, 6) is -0.652. The molecule has 1 amide bonds. The van der Waals surface area contributed by atoms with E-state index in [4.69, 9.17) is 9.47 Å². The molecule has 8 nitrogen and oxygen atoms in total. The predicted octanol–water partition coefficient (Wildman–Crippen LogP) is 4.76. The van der Waals surface area contributed by atoms with Crippen molar-refractivity contribution in [3.8, 4) is 5.75 Å². The molecule has 0 unspecified atom stereocenters. The summed E-state index contributed by atoms with van der Waals surface area (Å²) in [4.78, 5) is 43.1. The highest BCUT2D eigenvalue weighted by atomic mass is 16.6. The minimum absolute atomic E-state index is 0.0532. The first-order valence-electron chi connectivity index (χ1n) is 13.7. The standard InChI is InChI=1S/C32H37N3O5/c1-4-39-30(37)22-40-29-8-5-7-26(21-28(36)24-11-9-23(2)10-12-24)31(29)33-32(38)25-13-15-27(16-14-25)35-18-6-17-34(3)19-20-35/h5,7-16H,4,6,17-22H2,1-3H3,(H,33,38). The van der Waals surface area contributed by atoms with Crippen molar-refractivity contribution in [2.75, 3.05) is 56.7 Å². The first-order chi connectivity index (χ1) is 19.3. The van der Waals surface area contributed by atoms with Crippen molar-refractivity contribution in [2.24, 2.45) is 0 Å². The molecular weight excluding hydrogens is 506 g/mol. The summed E-state index contributed by atoms with van der Waals surface area (Å²) in [6.07, 6.45) is 1.14. The molecule has 0 saturated carbocycles. The smallest absolute Gasteiger partial charge is 0.344 e. The number of rotatable bonds is 10. The van der Waals surface area contributed by atoms with Crippen LogP contribution in [0.2, 0.25) is 0 Å². The van der Waals surface area contributed by atoms with Crippen molar-refractivity contribution >= 4 is 29.0 Å². The zero-order chi connectivity index (χ0) is 28.5. The normalized spacial score (nSPS) is 13.8. The van der Waals surface area contributed by atoms with Gasteiger partial charge in [0.05, 0.1) is 12.3 Å². The Bertz CT molecular complexity index is 1320. The van der Waals surface area contributed by atoms with E-state index in [1.165, 1.54) is 0 Å². The van der Waals surface area contributed by atoms with Gasteiger partial charge in [0.25, 0.3) is 5.91 Å². The SMILES string of the molecule is CCOC(=O)COc1cccc(CC(=O)c2ccc(C)cc2)c1NC(=O)c1ccc(N2CCCN(C)CC2)cc1. The molecule has 1 saturated heterocycles. The second kappa shape index (κ2) is 13.8. The number of para-hydroxylation sites is 1. The maximum absolute atomic E-state index is 13.4. The molecule has 1 heterocycles. The van der Waals surface area contributed by atoms with Gasteiger partial charge >= 0.3 is 5.97 Å². The van der Waals surface area contributed by atoms with Gasteiger partial charge in [-0.25, -0.2) is 4.79 Å². The number of hydrogen-bond acceptors (Lipinski definition) is 7. The molecule has 3 aromatic carbocycles. The van der Waals surface area contributed by atoms with E-state index < -0.39 is 5.97 Å². The Balaban J connectivity index is 1.55. The molecule has 40 heavy (non-hydrogen) atoms. The molecule has 210 valence electrons. The van der Waals surface area contributed by atoms with Crippen molar-refractivity contribution < 1.29 is 23.9 Å². The fraction of sp³-hybridized carbons (Fsp3) is 0.344. The van der Waals surface area contributed by atoms with Crippen LogP contribution in [-0.4, -0.2) is 69.0 Å². The molecule has 0 aliphatic carbocycles. The van der Waals surface area contributed by atoms with Gasteiger partial charge in [-0.1, -0.05) is 42.0 Å². The molecule has 1 aliphatic heterocycles. The largest absolute Gasteiger partial charge is 0.480 e. The van der Waals surface area contributed by atoms with E-state index in [0.717, 1.165) is 43.9 Å². The summed E-state index contributed by atoms with van der Waals surface area (Å²) in [5.41, 5.74) is 4.15. The number of carbonyl (C=O) groups excluding carboxylic acids is 3. The molecule has 1 aliphatic rings. The van der Waals surface area contributed by atoms with Crippen LogP contribution >= 0.6 is 0 Å². The Morgan fingerprint density at radius 2 is 1.60 bits per heavy atom. The van der Waals surface area contributed by atoms with E-state index in [1.54, 1.807) is 49.4 Å². The van der Waals surface area contributed by atoms with Crippen LogP contribution in [0.3, 0.4) is 0 Å². The number of hydrogen-bond donors (Lipinski definition) is 1. The van der Waals surface area contributed by atoms with Gasteiger partial charge in [-0.3, -0.25) is 9.59 Å². The number of aryl methyl sites for hydroxylation is 1. The Morgan fingerprint density at radius 3 is 2.33 bits per heavy atom. The highest BCUT2D eigenvalue weighted by molar-refractivity contribution is 6.06. The van der Waals surface area contributed by atoms with Gasteiger partial charge in [-0.2, -0.15) is 0 Å². The molecule has 4 rings (SSSR count). The van der Waals surface area contributed by atoms with Gasteiger partial charge in [-0.05, 0) is 69.8 Å². The van der Waals surface area contributed by atoms with Crippen molar-refractivity contribution in [3.05, 3.63) is 89.0 Å². The Hall–Kier alpha value is -4.17. The molecule has 1 N–H and O–H groups in total. The Labute approximate surface area is 235 Å². The van der Waals surface area contributed by atoms with Crippen LogP contribution in [0.25, 0.3) is 0 Å². The number of benzene rings is 3. The summed E-state index contributed by atoms with van der Waals surface area (Å²) in [6, 6.07) is 20.1. The number of nitrogens with one attached hydrogen (secondary N) is 1. The van der Waals surface area contributed by atoms with E-state index in [0.29, 0.717) is 28.1 Å². The maximum atomic E-state index is 13.4. The fourth-order valence-corrected chi connectivity index (χ4v) is 4.65. The average Bonchev–Trinajstić information content (AvgIpc) is 3.18. The summed E-state index contributed by atoms with van der Waals surface area (Å²) in [5, 5.41) is 2.94. The predicted molar refractivity (Wildman–Crippen MR) is 157 cm³/mol. The number of ketones is 1. The third kappa shape index (κ3) is 7.70. The molecule has 3 aromatic rings. The fourth-order valence-electron chi connectivity index (χ4n) is 4.65. The lowest BCUT2D eigenvalue weighted by atomic mass is 10.00. The molecule has 0 atom stereocenters. The van der Waals surface area contributed by atoms with Crippen LogP contribution in [-0.2, 0) is 16.0 Å². The van der Waals surface area contributed by atoms with E-state index in [1.807, 2.05) is 31.2 Å².